The molecule has 0 aliphatic carbocycles. The topological polar surface area (TPSA) is 30.2 Å². The van der Waals surface area contributed by atoms with Gasteiger partial charge >= 0.3 is 5.97 Å². The van der Waals surface area contributed by atoms with Gasteiger partial charge in [0, 0.05) is 12.5 Å². The molecule has 0 unspecified atom stereocenters. The number of nitrogens with zero attached hydrogens (tertiary/aromatic N) is 1. The zero-order valence-electron chi connectivity index (χ0n) is 15.8. The van der Waals surface area contributed by atoms with Crippen LogP contribution in [0.4, 0.5) is 0 Å². The van der Waals surface area contributed by atoms with E-state index < -0.39 is 0 Å². The van der Waals surface area contributed by atoms with Crippen molar-refractivity contribution in [3.8, 4) is 0 Å². The van der Waals surface area contributed by atoms with Gasteiger partial charge in [0.2, 0.25) is 0 Å². The van der Waals surface area contributed by atoms with Crippen LogP contribution in [0, 0.1) is 0 Å². The number of hydrogen-bond acceptors (Lipinski definition) is 2. The Morgan fingerprint density at radius 2 is 1.46 bits per heavy atom. The molecule has 0 fully saturated rings. The molecule has 3 nitrogen and oxygen atoms in total. The third-order valence-corrected chi connectivity index (χ3v) is 4.55. The number of carbonyl (C=O) groups excluding carboxylic acids is 1. The first-order valence-electron chi connectivity index (χ1n) is 9.85. The summed E-state index contributed by atoms with van der Waals surface area (Å²) in [7, 11) is 1.42. The summed E-state index contributed by atoms with van der Waals surface area (Å²) in [4.78, 5) is 11.5. The lowest BCUT2D eigenvalue weighted by Gasteiger charge is -2.02. The molecular formula is C21H36NO2+. The normalized spacial score (nSPS) is 10.8. The molecule has 1 aromatic rings. The molecule has 0 N–H and O–H groups in total. The quantitative estimate of drug-likeness (QED) is 0.257. The van der Waals surface area contributed by atoms with Crippen LogP contribution in [0.1, 0.15) is 94.3 Å². The van der Waals surface area contributed by atoms with E-state index in [1.165, 1.54) is 84.2 Å². The third-order valence-electron chi connectivity index (χ3n) is 4.55. The summed E-state index contributed by atoms with van der Waals surface area (Å²) in [6, 6.07) is 3.71. The standard InChI is InChI=1S/C21H36NO2/c1-3-4-5-6-7-8-9-10-11-12-13-14-17-22-18-15-16-20(19-22)21(23)24-2/h15-16,18-19H,3-14,17H2,1-2H3/q+1. The number of ether oxygens (including phenoxy) is 1. The number of aryl methyl sites for hydroxylation is 1. The summed E-state index contributed by atoms with van der Waals surface area (Å²) in [6.07, 6.45) is 20.3. The van der Waals surface area contributed by atoms with Gasteiger partial charge in [0.25, 0.3) is 0 Å². The monoisotopic (exact) mass is 334 g/mol. The number of aromatic nitrogens is 1. The highest BCUT2D eigenvalue weighted by Crippen LogP contribution is 2.11. The van der Waals surface area contributed by atoms with Crippen LogP contribution in [-0.4, -0.2) is 13.1 Å². The maximum atomic E-state index is 11.5. The third kappa shape index (κ3) is 9.69. The molecular weight excluding hydrogens is 298 g/mol. The van der Waals surface area contributed by atoms with E-state index in [-0.39, 0.29) is 5.97 Å². The molecule has 0 saturated carbocycles. The molecule has 136 valence electrons. The number of rotatable bonds is 14. The van der Waals surface area contributed by atoms with Crippen LogP contribution < -0.4 is 4.57 Å². The van der Waals surface area contributed by atoms with Gasteiger partial charge in [-0.3, -0.25) is 0 Å². The second-order valence-electron chi connectivity index (χ2n) is 6.71. The number of pyridine rings is 1. The molecule has 0 radical (unpaired) electrons. The molecule has 1 rings (SSSR count). The highest BCUT2D eigenvalue weighted by atomic mass is 16.5. The summed E-state index contributed by atoms with van der Waals surface area (Å²) in [5.41, 5.74) is 0.624. The predicted molar refractivity (Wildman–Crippen MR) is 99.1 cm³/mol. The number of carbonyl (C=O) groups is 1. The number of unbranched alkanes of at least 4 members (excludes halogenated alkanes) is 11. The van der Waals surface area contributed by atoms with E-state index in [2.05, 4.69) is 11.5 Å². The summed E-state index contributed by atoms with van der Waals surface area (Å²) in [6.45, 7) is 3.25. The average Bonchev–Trinajstić information content (AvgIpc) is 2.62. The Morgan fingerprint density at radius 3 is 2.00 bits per heavy atom. The van der Waals surface area contributed by atoms with E-state index in [0.29, 0.717) is 5.56 Å². The predicted octanol–water partition coefficient (Wildman–Crippen LogP) is 5.46. The summed E-state index contributed by atoms with van der Waals surface area (Å²) in [5.74, 6) is -0.265. The minimum atomic E-state index is -0.265. The second-order valence-corrected chi connectivity index (χ2v) is 6.71. The lowest BCUT2D eigenvalue weighted by molar-refractivity contribution is -0.697. The molecule has 3 heteroatoms. The van der Waals surface area contributed by atoms with Gasteiger partial charge in [0.05, 0.1) is 7.11 Å². The van der Waals surface area contributed by atoms with Crippen molar-refractivity contribution in [2.45, 2.75) is 90.5 Å². The van der Waals surface area contributed by atoms with Crippen molar-refractivity contribution < 1.29 is 14.1 Å². The van der Waals surface area contributed by atoms with E-state index >= 15 is 0 Å². The van der Waals surface area contributed by atoms with Crippen LogP contribution >= 0.6 is 0 Å². The highest BCUT2D eigenvalue weighted by Gasteiger charge is 2.10. The van der Waals surface area contributed by atoms with Crippen LogP contribution in [0.15, 0.2) is 24.5 Å². The van der Waals surface area contributed by atoms with Gasteiger partial charge in [-0.05, 0) is 12.5 Å². The number of hydrogen-bond donors (Lipinski definition) is 0. The van der Waals surface area contributed by atoms with Crippen LogP contribution in [0.3, 0.4) is 0 Å². The zero-order valence-corrected chi connectivity index (χ0v) is 15.8. The van der Waals surface area contributed by atoms with Gasteiger partial charge in [-0.25, -0.2) is 9.36 Å². The van der Waals surface area contributed by atoms with E-state index in [4.69, 9.17) is 4.74 Å². The van der Waals surface area contributed by atoms with Crippen molar-refractivity contribution in [1.29, 1.82) is 0 Å². The zero-order chi connectivity index (χ0) is 17.5. The summed E-state index contributed by atoms with van der Waals surface area (Å²) < 4.78 is 6.84. The molecule has 0 atom stereocenters. The van der Waals surface area contributed by atoms with E-state index in [1.54, 1.807) is 6.07 Å². The highest BCUT2D eigenvalue weighted by molar-refractivity contribution is 5.88. The van der Waals surface area contributed by atoms with Gasteiger partial charge < -0.3 is 4.74 Å². The first-order chi connectivity index (χ1) is 11.8. The van der Waals surface area contributed by atoms with Crippen molar-refractivity contribution >= 4 is 5.97 Å². The molecule has 0 aromatic carbocycles. The van der Waals surface area contributed by atoms with Gasteiger partial charge in [-0.2, -0.15) is 0 Å². The van der Waals surface area contributed by atoms with Crippen molar-refractivity contribution in [2.75, 3.05) is 7.11 Å². The fraction of sp³-hybridized carbons (Fsp3) is 0.714. The van der Waals surface area contributed by atoms with Gasteiger partial charge in [0.1, 0.15) is 12.1 Å². The smallest absolute Gasteiger partial charge is 0.343 e. The van der Waals surface area contributed by atoms with E-state index in [9.17, 15) is 4.79 Å². The summed E-state index contributed by atoms with van der Waals surface area (Å²) >= 11 is 0. The molecule has 24 heavy (non-hydrogen) atoms. The van der Waals surface area contributed by atoms with Crippen LogP contribution in [0.2, 0.25) is 0 Å². The van der Waals surface area contributed by atoms with Crippen molar-refractivity contribution in [3.63, 3.8) is 0 Å². The van der Waals surface area contributed by atoms with E-state index in [0.717, 1.165) is 6.54 Å². The Bertz CT molecular complexity index is 445. The second kappa shape index (κ2) is 14.0. The molecule has 1 aromatic heterocycles. The molecule has 1 heterocycles. The summed E-state index contributed by atoms with van der Waals surface area (Å²) in [5, 5.41) is 0. The Balaban J connectivity index is 1.98. The van der Waals surface area contributed by atoms with Gasteiger partial charge in [-0.1, -0.05) is 71.1 Å². The lowest BCUT2D eigenvalue weighted by atomic mass is 10.1. The van der Waals surface area contributed by atoms with Gasteiger partial charge in [0.15, 0.2) is 12.4 Å². The average molecular weight is 335 g/mol. The number of esters is 1. The Morgan fingerprint density at radius 1 is 0.917 bits per heavy atom. The van der Waals surface area contributed by atoms with Gasteiger partial charge in [-0.15, -0.1) is 0 Å². The molecule has 0 aliphatic heterocycles. The fourth-order valence-electron chi connectivity index (χ4n) is 3.04. The first-order valence-corrected chi connectivity index (χ1v) is 9.85. The molecule has 0 aliphatic rings. The SMILES string of the molecule is CCCCCCCCCCCCCC[n+]1cccc(C(=O)OC)c1. The molecule has 0 bridgehead atoms. The fourth-order valence-corrected chi connectivity index (χ4v) is 3.04. The Labute approximate surface area is 148 Å². The van der Waals surface area contributed by atoms with Crippen LogP contribution in [0.5, 0.6) is 0 Å². The maximum absolute atomic E-state index is 11.5. The maximum Gasteiger partial charge on any atom is 0.343 e. The minimum absolute atomic E-state index is 0.265. The largest absolute Gasteiger partial charge is 0.465 e. The molecule has 0 amide bonds. The van der Waals surface area contributed by atoms with Crippen molar-refractivity contribution in [3.05, 3.63) is 30.1 Å². The lowest BCUT2D eigenvalue weighted by Crippen LogP contribution is -2.33. The molecule has 0 saturated heterocycles. The Kier molecular flexibility index (Phi) is 12.1. The van der Waals surface area contributed by atoms with Crippen LogP contribution in [0.25, 0.3) is 0 Å². The van der Waals surface area contributed by atoms with Crippen LogP contribution in [-0.2, 0) is 11.3 Å². The van der Waals surface area contributed by atoms with Crippen molar-refractivity contribution in [2.24, 2.45) is 0 Å². The number of methoxy groups -OCH3 is 1. The minimum Gasteiger partial charge on any atom is -0.465 e. The van der Waals surface area contributed by atoms with Crippen molar-refractivity contribution in [1.82, 2.24) is 0 Å². The molecule has 0 spiro atoms. The first kappa shape index (κ1) is 20.7. The Hall–Kier alpha value is -1.38. The van der Waals surface area contributed by atoms with E-state index in [1.807, 2.05) is 18.5 Å².